The second kappa shape index (κ2) is 6.39. The van der Waals surface area contributed by atoms with Crippen LogP contribution >= 0.6 is 11.6 Å². The van der Waals surface area contributed by atoms with Gasteiger partial charge in [0.25, 0.3) is 0 Å². The minimum atomic E-state index is -0.424. The molecule has 5 heteroatoms. The van der Waals surface area contributed by atoms with Crippen LogP contribution in [0.15, 0.2) is 36.5 Å². The first-order chi connectivity index (χ1) is 9.60. The number of carbonyl (C=O) groups excluding carboxylic acids is 1. The third-order valence-electron chi connectivity index (χ3n) is 2.82. The highest BCUT2D eigenvalue weighted by Crippen LogP contribution is 2.22. The maximum Gasteiger partial charge on any atom is 0.340 e. The van der Waals surface area contributed by atoms with Crippen LogP contribution in [0.25, 0.3) is 0 Å². The van der Waals surface area contributed by atoms with E-state index in [0.717, 1.165) is 11.3 Å². The zero-order chi connectivity index (χ0) is 14.5. The summed E-state index contributed by atoms with van der Waals surface area (Å²) in [4.78, 5) is 16.0. The molecular formula is C15H15ClN2O2. The summed E-state index contributed by atoms with van der Waals surface area (Å²) < 4.78 is 4.75. The van der Waals surface area contributed by atoms with E-state index in [1.807, 2.05) is 19.1 Å². The van der Waals surface area contributed by atoms with Crippen LogP contribution in [0, 0.1) is 6.92 Å². The summed E-state index contributed by atoms with van der Waals surface area (Å²) in [5.74, 6) is -0.424. The van der Waals surface area contributed by atoms with Crippen molar-refractivity contribution in [2.45, 2.75) is 13.5 Å². The molecule has 0 aliphatic heterocycles. The number of rotatable bonds is 4. The quantitative estimate of drug-likeness (QED) is 0.876. The number of carbonyl (C=O) groups is 1. The van der Waals surface area contributed by atoms with Crippen LogP contribution in [0.4, 0.5) is 5.69 Å². The molecule has 1 aromatic heterocycles. The average Bonchev–Trinajstić information content (AvgIpc) is 2.46. The fourth-order valence-corrected chi connectivity index (χ4v) is 1.91. The highest BCUT2D eigenvalue weighted by Gasteiger charge is 2.12. The Morgan fingerprint density at radius 2 is 2.15 bits per heavy atom. The molecule has 104 valence electrons. The Balaban J connectivity index is 2.16. The molecule has 0 saturated heterocycles. The van der Waals surface area contributed by atoms with Crippen LogP contribution in [0.3, 0.4) is 0 Å². The molecule has 0 radical (unpaired) electrons. The number of aromatic nitrogens is 1. The minimum Gasteiger partial charge on any atom is -0.465 e. The topological polar surface area (TPSA) is 51.2 Å². The van der Waals surface area contributed by atoms with Crippen molar-refractivity contribution < 1.29 is 9.53 Å². The van der Waals surface area contributed by atoms with E-state index in [-0.39, 0.29) is 0 Å². The van der Waals surface area contributed by atoms with Crippen LogP contribution < -0.4 is 5.32 Å². The van der Waals surface area contributed by atoms with Crippen LogP contribution in [-0.4, -0.2) is 18.1 Å². The predicted octanol–water partition coefficient (Wildman–Crippen LogP) is 3.44. The Morgan fingerprint density at radius 1 is 1.35 bits per heavy atom. The van der Waals surface area contributed by atoms with Gasteiger partial charge in [0.2, 0.25) is 0 Å². The van der Waals surface area contributed by atoms with Crippen LogP contribution in [0.2, 0.25) is 5.02 Å². The van der Waals surface area contributed by atoms with Crippen molar-refractivity contribution in [3.8, 4) is 0 Å². The van der Waals surface area contributed by atoms with Crippen LogP contribution in [0.1, 0.15) is 21.6 Å². The Hall–Kier alpha value is -2.07. The van der Waals surface area contributed by atoms with Crippen molar-refractivity contribution in [3.05, 3.63) is 58.4 Å². The van der Waals surface area contributed by atoms with Gasteiger partial charge in [-0.3, -0.25) is 4.98 Å². The summed E-state index contributed by atoms with van der Waals surface area (Å²) in [5.41, 5.74) is 3.08. The van der Waals surface area contributed by atoms with Crippen molar-refractivity contribution in [1.82, 2.24) is 4.98 Å². The SMILES string of the molecule is COC(=O)c1cc(Cl)ccc1NCc1ccc(C)cn1. The second-order valence-electron chi connectivity index (χ2n) is 4.36. The van der Waals surface area contributed by atoms with Gasteiger partial charge in [0.15, 0.2) is 0 Å². The standard InChI is InChI=1S/C15H15ClN2O2/c1-10-3-5-12(17-8-10)9-18-14-6-4-11(16)7-13(14)15(19)20-2/h3-8,18H,9H2,1-2H3. The molecule has 1 aromatic carbocycles. The molecule has 2 aromatic rings. The summed E-state index contributed by atoms with van der Waals surface area (Å²) in [6, 6.07) is 8.99. The van der Waals surface area contributed by atoms with Crippen molar-refractivity contribution >= 4 is 23.3 Å². The molecule has 0 saturated carbocycles. The lowest BCUT2D eigenvalue weighted by molar-refractivity contribution is 0.0602. The van der Waals surface area contributed by atoms with Gasteiger partial charge in [-0.2, -0.15) is 0 Å². The Morgan fingerprint density at radius 3 is 2.80 bits per heavy atom. The van der Waals surface area contributed by atoms with Gasteiger partial charge in [-0.05, 0) is 36.8 Å². The van der Waals surface area contributed by atoms with E-state index in [4.69, 9.17) is 16.3 Å². The average molecular weight is 291 g/mol. The van der Waals surface area contributed by atoms with E-state index >= 15 is 0 Å². The van der Waals surface area contributed by atoms with Gasteiger partial charge in [-0.25, -0.2) is 4.79 Å². The number of aryl methyl sites for hydroxylation is 1. The van der Waals surface area contributed by atoms with Gasteiger partial charge in [0.05, 0.1) is 24.9 Å². The van der Waals surface area contributed by atoms with E-state index in [0.29, 0.717) is 22.8 Å². The smallest absolute Gasteiger partial charge is 0.340 e. The first-order valence-corrected chi connectivity index (χ1v) is 6.51. The molecule has 0 spiro atoms. The third-order valence-corrected chi connectivity index (χ3v) is 3.05. The van der Waals surface area contributed by atoms with Gasteiger partial charge in [0.1, 0.15) is 0 Å². The third kappa shape index (κ3) is 3.48. The molecule has 0 amide bonds. The number of hydrogen-bond donors (Lipinski definition) is 1. The largest absolute Gasteiger partial charge is 0.465 e. The monoisotopic (exact) mass is 290 g/mol. The van der Waals surface area contributed by atoms with E-state index in [2.05, 4.69) is 10.3 Å². The van der Waals surface area contributed by atoms with Crippen LogP contribution in [0.5, 0.6) is 0 Å². The van der Waals surface area contributed by atoms with Gasteiger partial charge in [-0.15, -0.1) is 0 Å². The van der Waals surface area contributed by atoms with Gasteiger partial charge in [-0.1, -0.05) is 17.7 Å². The lowest BCUT2D eigenvalue weighted by atomic mass is 10.1. The number of methoxy groups -OCH3 is 1. The molecule has 0 bridgehead atoms. The lowest BCUT2D eigenvalue weighted by Gasteiger charge is -2.11. The van der Waals surface area contributed by atoms with Crippen molar-refractivity contribution in [3.63, 3.8) is 0 Å². The van der Waals surface area contributed by atoms with Crippen molar-refractivity contribution in [1.29, 1.82) is 0 Å². The van der Waals surface area contributed by atoms with Gasteiger partial charge >= 0.3 is 5.97 Å². The highest BCUT2D eigenvalue weighted by molar-refractivity contribution is 6.31. The molecule has 0 aliphatic rings. The lowest BCUT2D eigenvalue weighted by Crippen LogP contribution is -2.09. The Bertz CT molecular complexity index is 612. The van der Waals surface area contributed by atoms with Gasteiger partial charge in [0, 0.05) is 16.9 Å². The number of esters is 1. The fraction of sp³-hybridized carbons (Fsp3) is 0.200. The predicted molar refractivity (Wildman–Crippen MR) is 79.1 cm³/mol. The molecule has 2 rings (SSSR count). The Kier molecular flexibility index (Phi) is 4.58. The molecule has 1 heterocycles. The molecule has 20 heavy (non-hydrogen) atoms. The number of nitrogens with one attached hydrogen (secondary N) is 1. The molecule has 0 atom stereocenters. The van der Waals surface area contributed by atoms with Crippen molar-refractivity contribution in [2.75, 3.05) is 12.4 Å². The number of hydrogen-bond acceptors (Lipinski definition) is 4. The minimum absolute atomic E-state index is 0.409. The molecule has 0 aliphatic carbocycles. The molecule has 1 N–H and O–H groups in total. The molecule has 0 fully saturated rings. The maximum atomic E-state index is 11.7. The fourth-order valence-electron chi connectivity index (χ4n) is 1.74. The second-order valence-corrected chi connectivity index (χ2v) is 4.80. The van der Waals surface area contributed by atoms with E-state index in [1.165, 1.54) is 7.11 Å². The zero-order valence-electron chi connectivity index (χ0n) is 11.3. The number of nitrogens with zero attached hydrogens (tertiary/aromatic N) is 1. The van der Waals surface area contributed by atoms with E-state index in [1.54, 1.807) is 24.4 Å². The summed E-state index contributed by atoms with van der Waals surface area (Å²) >= 11 is 5.90. The zero-order valence-corrected chi connectivity index (χ0v) is 12.1. The highest BCUT2D eigenvalue weighted by atomic mass is 35.5. The number of anilines is 1. The maximum absolute atomic E-state index is 11.7. The number of ether oxygens (including phenoxy) is 1. The number of benzene rings is 1. The normalized spacial score (nSPS) is 10.2. The van der Waals surface area contributed by atoms with Crippen molar-refractivity contribution in [2.24, 2.45) is 0 Å². The molecular weight excluding hydrogens is 276 g/mol. The summed E-state index contributed by atoms with van der Waals surface area (Å²) in [5, 5.41) is 3.66. The van der Waals surface area contributed by atoms with E-state index < -0.39 is 5.97 Å². The van der Waals surface area contributed by atoms with E-state index in [9.17, 15) is 4.79 Å². The van der Waals surface area contributed by atoms with Gasteiger partial charge < -0.3 is 10.1 Å². The molecule has 4 nitrogen and oxygen atoms in total. The Labute approximate surface area is 122 Å². The summed E-state index contributed by atoms with van der Waals surface area (Å²) in [6.07, 6.45) is 1.81. The summed E-state index contributed by atoms with van der Waals surface area (Å²) in [7, 11) is 1.34. The molecule has 0 unspecified atom stereocenters. The number of halogens is 1. The summed E-state index contributed by atoms with van der Waals surface area (Å²) in [6.45, 7) is 2.50. The first kappa shape index (κ1) is 14.3. The first-order valence-electron chi connectivity index (χ1n) is 6.13. The van der Waals surface area contributed by atoms with Crippen LogP contribution in [-0.2, 0) is 11.3 Å². The number of pyridine rings is 1.